The first-order valence-corrected chi connectivity index (χ1v) is 7.93. The Morgan fingerprint density at radius 1 is 1.09 bits per heavy atom. The summed E-state index contributed by atoms with van der Waals surface area (Å²) >= 11 is 5.30. The van der Waals surface area contributed by atoms with Crippen molar-refractivity contribution >= 4 is 29.0 Å². The van der Waals surface area contributed by atoms with Crippen molar-refractivity contribution in [3.8, 4) is 0 Å². The lowest BCUT2D eigenvalue weighted by Crippen LogP contribution is -2.45. The molecule has 0 saturated carbocycles. The highest BCUT2D eigenvalue weighted by atomic mass is 32.1. The van der Waals surface area contributed by atoms with Gasteiger partial charge in [0.15, 0.2) is 5.11 Å². The van der Waals surface area contributed by atoms with Gasteiger partial charge in [-0.25, -0.2) is 4.79 Å². The second-order valence-corrected chi connectivity index (χ2v) is 5.37. The van der Waals surface area contributed by atoms with Crippen molar-refractivity contribution in [3.63, 3.8) is 0 Å². The van der Waals surface area contributed by atoms with Crippen LogP contribution in [0.3, 0.4) is 0 Å². The first kappa shape index (κ1) is 17.0. The minimum atomic E-state index is -0.527. The maximum atomic E-state index is 12.2. The third kappa shape index (κ3) is 5.71. The van der Waals surface area contributed by atoms with E-state index in [-0.39, 0.29) is 5.97 Å². The number of ether oxygens (including phenoxy) is 1. The summed E-state index contributed by atoms with van der Waals surface area (Å²) < 4.78 is 5.14. The maximum absolute atomic E-state index is 12.2. The van der Waals surface area contributed by atoms with Gasteiger partial charge in [0.2, 0.25) is 0 Å². The van der Waals surface area contributed by atoms with Crippen molar-refractivity contribution < 1.29 is 9.53 Å². The van der Waals surface area contributed by atoms with E-state index in [0.29, 0.717) is 18.1 Å². The summed E-state index contributed by atoms with van der Waals surface area (Å²) in [6.07, 6.45) is 0.510. The molecule has 0 radical (unpaired) electrons. The van der Waals surface area contributed by atoms with Crippen molar-refractivity contribution in [3.05, 3.63) is 66.2 Å². The summed E-state index contributed by atoms with van der Waals surface area (Å²) in [6, 6.07) is 18.8. The number of rotatable bonds is 6. The van der Waals surface area contributed by atoms with Crippen LogP contribution in [-0.2, 0) is 16.0 Å². The molecule has 0 bridgehead atoms. The third-order valence-corrected chi connectivity index (χ3v) is 3.41. The van der Waals surface area contributed by atoms with Gasteiger partial charge < -0.3 is 15.4 Å². The van der Waals surface area contributed by atoms with E-state index < -0.39 is 6.04 Å². The van der Waals surface area contributed by atoms with Crippen LogP contribution in [0.15, 0.2) is 60.7 Å². The minimum Gasteiger partial charge on any atom is -0.464 e. The topological polar surface area (TPSA) is 50.4 Å². The van der Waals surface area contributed by atoms with Gasteiger partial charge in [0.25, 0.3) is 0 Å². The number of esters is 1. The van der Waals surface area contributed by atoms with Crippen LogP contribution < -0.4 is 10.6 Å². The third-order valence-electron chi connectivity index (χ3n) is 3.19. The molecule has 120 valence electrons. The van der Waals surface area contributed by atoms with Gasteiger partial charge in [0.05, 0.1) is 6.61 Å². The number of hydrogen-bond acceptors (Lipinski definition) is 3. The van der Waals surface area contributed by atoms with Crippen LogP contribution in [0.4, 0.5) is 5.69 Å². The Bertz CT molecular complexity index is 632. The van der Waals surface area contributed by atoms with Crippen molar-refractivity contribution in [2.24, 2.45) is 0 Å². The van der Waals surface area contributed by atoms with E-state index in [1.165, 1.54) is 0 Å². The maximum Gasteiger partial charge on any atom is 0.328 e. The van der Waals surface area contributed by atoms with Crippen LogP contribution in [-0.4, -0.2) is 23.7 Å². The van der Waals surface area contributed by atoms with Crippen LogP contribution in [0.1, 0.15) is 12.5 Å². The lowest BCUT2D eigenvalue weighted by atomic mass is 10.1. The van der Waals surface area contributed by atoms with Gasteiger partial charge in [0, 0.05) is 12.1 Å². The Morgan fingerprint density at radius 3 is 2.30 bits per heavy atom. The standard InChI is InChI=1S/C18H20N2O2S/c1-2-22-17(21)16(13-14-9-5-3-6-10-14)20-18(23)19-15-11-7-4-8-12-15/h3-12,16H,2,13H2,1H3,(H2,19,20,23). The average Bonchev–Trinajstić information content (AvgIpc) is 2.56. The number of para-hydroxylation sites is 1. The fourth-order valence-corrected chi connectivity index (χ4v) is 2.39. The van der Waals surface area contributed by atoms with Crippen molar-refractivity contribution in [2.75, 3.05) is 11.9 Å². The first-order valence-electron chi connectivity index (χ1n) is 7.52. The van der Waals surface area contributed by atoms with E-state index in [4.69, 9.17) is 17.0 Å². The first-order chi connectivity index (χ1) is 11.2. The predicted octanol–water partition coefficient (Wildman–Crippen LogP) is 3.15. The molecule has 2 aromatic carbocycles. The summed E-state index contributed by atoms with van der Waals surface area (Å²) in [6.45, 7) is 2.13. The Morgan fingerprint density at radius 2 is 1.70 bits per heavy atom. The molecule has 0 aliphatic carbocycles. The monoisotopic (exact) mass is 328 g/mol. The van der Waals surface area contributed by atoms with Gasteiger partial charge in [-0.1, -0.05) is 48.5 Å². The van der Waals surface area contributed by atoms with Crippen molar-refractivity contribution in [2.45, 2.75) is 19.4 Å². The second kappa shape index (κ2) is 8.90. The molecule has 2 N–H and O–H groups in total. The fourth-order valence-electron chi connectivity index (χ4n) is 2.13. The number of carbonyl (C=O) groups excluding carboxylic acids is 1. The highest BCUT2D eigenvalue weighted by molar-refractivity contribution is 7.80. The highest BCUT2D eigenvalue weighted by Gasteiger charge is 2.21. The summed E-state index contributed by atoms with van der Waals surface area (Å²) in [7, 11) is 0. The molecular weight excluding hydrogens is 308 g/mol. The van der Waals surface area contributed by atoms with Gasteiger partial charge in [-0.05, 0) is 36.8 Å². The van der Waals surface area contributed by atoms with Crippen LogP contribution in [0.5, 0.6) is 0 Å². The molecule has 0 spiro atoms. The molecule has 0 saturated heterocycles. The smallest absolute Gasteiger partial charge is 0.328 e. The van der Waals surface area contributed by atoms with Gasteiger partial charge in [0.1, 0.15) is 6.04 Å². The largest absolute Gasteiger partial charge is 0.464 e. The lowest BCUT2D eigenvalue weighted by Gasteiger charge is -2.19. The van der Waals surface area contributed by atoms with Crippen LogP contribution >= 0.6 is 12.2 Å². The normalized spacial score (nSPS) is 11.3. The number of thiocarbonyl (C=S) groups is 1. The molecule has 1 unspecified atom stereocenters. The van der Waals surface area contributed by atoms with E-state index in [1.54, 1.807) is 6.92 Å². The Hall–Kier alpha value is -2.40. The molecule has 5 heteroatoms. The summed E-state index contributed by atoms with van der Waals surface area (Å²) in [5.74, 6) is -0.312. The number of carbonyl (C=O) groups is 1. The molecule has 4 nitrogen and oxygen atoms in total. The SMILES string of the molecule is CCOC(=O)C(Cc1ccccc1)NC(=S)Nc1ccccc1. The molecule has 1 atom stereocenters. The Balaban J connectivity index is 2.01. The van der Waals surface area contributed by atoms with E-state index >= 15 is 0 Å². The predicted molar refractivity (Wildman–Crippen MR) is 96.4 cm³/mol. The fraction of sp³-hybridized carbons (Fsp3) is 0.222. The molecule has 0 heterocycles. The Labute approximate surface area is 141 Å². The summed E-state index contributed by atoms with van der Waals surface area (Å²) in [5, 5.41) is 6.51. The quantitative estimate of drug-likeness (QED) is 0.630. The van der Waals surface area contributed by atoms with Gasteiger partial charge in [-0.3, -0.25) is 0 Å². The van der Waals surface area contributed by atoms with Crippen LogP contribution in [0, 0.1) is 0 Å². The van der Waals surface area contributed by atoms with Gasteiger partial charge in [-0.2, -0.15) is 0 Å². The molecular formula is C18H20N2O2S. The molecule has 0 aliphatic heterocycles. The number of benzene rings is 2. The summed E-state index contributed by atoms with van der Waals surface area (Å²) in [4.78, 5) is 12.2. The zero-order valence-corrected chi connectivity index (χ0v) is 13.8. The van der Waals surface area contributed by atoms with Crippen LogP contribution in [0.25, 0.3) is 0 Å². The molecule has 0 aromatic heterocycles. The molecule has 0 fully saturated rings. The lowest BCUT2D eigenvalue weighted by molar-refractivity contribution is -0.145. The highest BCUT2D eigenvalue weighted by Crippen LogP contribution is 2.07. The second-order valence-electron chi connectivity index (χ2n) is 4.96. The molecule has 2 rings (SSSR count). The summed E-state index contributed by atoms with van der Waals surface area (Å²) in [5.41, 5.74) is 1.91. The molecule has 23 heavy (non-hydrogen) atoms. The van der Waals surface area contributed by atoms with Gasteiger partial charge in [-0.15, -0.1) is 0 Å². The zero-order chi connectivity index (χ0) is 16.5. The molecule has 2 aromatic rings. The van der Waals surface area contributed by atoms with E-state index in [1.807, 2.05) is 60.7 Å². The average molecular weight is 328 g/mol. The molecule has 0 aliphatic rings. The van der Waals surface area contributed by atoms with E-state index in [2.05, 4.69) is 10.6 Å². The van der Waals surface area contributed by atoms with Crippen molar-refractivity contribution in [1.82, 2.24) is 5.32 Å². The van der Waals surface area contributed by atoms with Gasteiger partial charge >= 0.3 is 5.97 Å². The van der Waals surface area contributed by atoms with Crippen molar-refractivity contribution in [1.29, 1.82) is 0 Å². The minimum absolute atomic E-state index is 0.312. The zero-order valence-electron chi connectivity index (χ0n) is 13.0. The van der Waals surface area contributed by atoms with Crippen LogP contribution in [0.2, 0.25) is 0 Å². The van der Waals surface area contributed by atoms with E-state index in [9.17, 15) is 4.79 Å². The Kier molecular flexibility index (Phi) is 6.56. The number of hydrogen-bond donors (Lipinski definition) is 2. The molecule has 0 amide bonds. The number of nitrogens with one attached hydrogen (secondary N) is 2. The number of anilines is 1. The van der Waals surface area contributed by atoms with E-state index in [0.717, 1.165) is 11.3 Å².